The number of nitrogens with zero attached hydrogens (tertiary/aromatic N) is 3. The first kappa shape index (κ1) is 11.6. The van der Waals surface area contributed by atoms with Gasteiger partial charge in [-0.2, -0.15) is 0 Å². The smallest absolute Gasteiger partial charge is 0.223 e. The third kappa shape index (κ3) is 2.49. The Morgan fingerprint density at radius 2 is 1.89 bits per heavy atom. The van der Waals surface area contributed by atoms with Crippen LogP contribution in [0.5, 0.6) is 0 Å². The van der Waals surface area contributed by atoms with E-state index in [1.807, 2.05) is 6.07 Å². The molecule has 18 heavy (non-hydrogen) atoms. The molecule has 0 fully saturated rings. The van der Waals surface area contributed by atoms with Crippen LogP contribution in [-0.2, 0) is 12.8 Å². The summed E-state index contributed by atoms with van der Waals surface area (Å²) < 4.78 is 0. The fourth-order valence-electron chi connectivity index (χ4n) is 1.76. The van der Waals surface area contributed by atoms with Crippen LogP contribution in [0, 0.1) is 0 Å². The second-order valence-corrected chi connectivity index (χ2v) is 5.32. The van der Waals surface area contributed by atoms with Crippen molar-refractivity contribution in [1.29, 1.82) is 0 Å². The van der Waals surface area contributed by atoms with Crippen molar-refractivity contribution in [2.75, 3.05) is 0 Å². The first-order valence-corrected chi connectivity index (χ1v) is 6.82. The molecule has 0 unspecified atom stereocenters. The number of hydrogen-bond acceptors (Lipinski definition) is 4. The monoisotopic (exact) mass is 275 g/mol. The average Bonchev–Trinajstić information content (AvgIpc) is 2.79. The zero-order valence-electron chi connectivity index (χ0n) is 9.51. The SMILES string of the molecule is Clc1ncc2nc(CCc3ccccc3)sc2n1. The molecule has 0 aliphatic rings. The topological polar surface area (TPSA) is 38.7 Å². The third-order valence-corrected chi connectivity index (χ3v) is 3.84. The van der Waals surface area contributed by atoms with Crippen molar-refractivity contribution in [1.82, 2.24) is 15.0 Å². The van der Waals surface area contributed by atoms with E-state index >= 15 is 0 Å². The van der Waals surface area contributed by atoms with E-state index in [1.165, 1.54) is 5.56 Å². The zero-order valence-corrected chi connectivity index (χ0v) is 11.1. The number of halogens is 1. The molecule has 0 spiro atoms. The van der Waals surface area contributed by atoms with Crippen molar-refractivity contribution in [2.24, 2.45) is 0 Å². The molecule has 1 aromatic carbocycles. The Hall–Kier alpha value is -1.52. The van der Waals surface area contributed by atoms with E-state index in [2.05, 4.69) is 39.2 Å². The molecule has 3 nitrogen and oxygen atoms in total. The number of fused-ring (bicyclic) bond motifs is 1. The van der Waals surface area contributed by atoms with Gasteiger partial charge in [0, 0.05) is 6.42 Å². The summed E-state index contributed by atoms with van der Waals surface area (Å²) in [5, 5.41) is 1.35. The van der Waals surface area contributed by atoms with Gasteiger partial charge < -0.3 is 0 Å². The first-order chi connectivity index (χ1) is 8.81. The largest absolute Gasteiger partial charge is 0.238 e. The number of aromatic nitrogens is 3. The zero-order chi connectivity index (χ0) is 12.4. The molecular formula is C13H10ClN3S. The number of aryl methyl sites for hydroxylation is 2. The highest BCUT2D eigenvalue weighted by molar-refractivity contribution is 7.18. The van der Waals surface area contributed by atoms with Gasteiger partial charge in [0.05, 0.1) is 11.2 Å². The van der Waals surface area contributed by atoms with Crippen molar-refractivity contribution in [2.45, 2.75) is 12.8 Å². The normalized spacial score (nSPS) is 10.9. The van der Waals surface area contributed by atoms with Gasteiger partial charge in [-0.1, -0.05) is 41.7 Å². The van der Waals surface area contributed by atoms with Crippen LogP contribution >= 0.6 is 22.9 Å². The lowest BCUT2D eigenvalue weighted by Gasteiger charge is -1.97. The summed E-state index contributed by atoms with van der Waals surface area (Å²) in [6, 6.07) is 10.4. The molecule has 0 atom stereocenters. The van der Waals surface area contributed by atoms with Gasteiger partial charge in [-0.15, -0.1) is 0 Å². The lowest BCUT2D eigenvalue weighted by atomic mass is 10.1. The molecule has 90 valence electrons. The Kier molecular flexibility index (Phi) is 3.21. The Morgan fingerprint density at radius 3 is 2.72 bits per heavy atom. The lowest BCUT2D eigenvalue weighted by molar-refractivity contribution is 0.948. The van der Waals surface area contributed by atoms with Crippen LogP contribution in [0.4, 0.5) is 0 Å². The first-order valence-electron chi connectivity index (χ1n) is 5.63. The van der Waals surface area contributed by atoms with E-state index in [0.717, 1.165) is 28.2 Å². The van der Waals surface area contributed by atoms with Crippen molar-refractivity contribution >= 4 is 33.3 Å². The minimum Gasteiger partial charge on any atom is -0.238 e. The molecule has 2 aromatic heterocycles. The van der Waals surface area contributed by atoms with Crippen LogP contribution in [0.15, 0.2) is 36.5 Å². The molecule has 5 heteroatoms. The van der Waals surface area contributed by atoms with E-state index in [0.29, 0.717) is 0 Å². The lowest BCUT2D eigenvalue weighted by Crippen LogP contribution is -1.89. The molecule has 0 saturated carbocycles. The van der Waals surface area contributed by atoms with Gasteiger partial charge >= 0.3 is 0 Å². The van der Waals surface area contributed by atoms with Gasteiger partial charge in [0.15, 0.2) is 0 Å². The molecule has 0 aliphatic heterocycles. The van der Waals surface area contributed by atoms with E-state index in [9.17, 15) is 0 Å². The number of hydrogen-bond donors (Lipinski definition) is 0. The minimum atomic E-state index is 0.278. The van der Waals surface area contributed by atoms with Gasteiger partial charge in [0.1, 0.15) is 10.3 Å². The van der Waals surface area contributed by atoms with E-state index in [-0.39, 0.29) is 5.28 Å². The maximum Gasteiger partial charge on any atom is 0.223 e. The summed E-state index contributed by atoms with van der Waals surface area (Å²) in [7, 11) is 0. The van der Waals surface area contributed by atoms with Gasteiger partial charge in [-0.05, 0) is 23.6 Å². The summed E-state index contributed by atoms with van der Waals surface area (Å²) in [4.78, 5) is 13.5. The summed E-state index contributed by atoms with van der Waals surface area (Å²) in [5.74, 6) is 0. The molecule has 0 radical (unpaired) electrons. The summed E-state index contributed by atoms with van der Waals surface area (Å²) in [6.45, 7) is 0. The van der Waals surface area contributed by atoms with E-state index in [4.69, 9.17) is 11.6 Å². The van der Waals surface area contributed by atoms with Crippen LogP contribution in [0.3, 0.4) is 0 Å². The molecule has 0 N–H and O–H groups in total. The van der Waals surface area contributed by atoms with Crippen LogP contribution in [-0.4, -0.2) is 15.0 Å². The quantitative estimate of drug-likeness (QED) is 0.687. The molecule has 0 saturated heterocycles. The van der Waals surface area contributed by atoms with Gasteiger partial charge in [0.25, 0.3) is 0 Å². The Morgan fingerprint density at radius 1 is 1.06 bits per heavy atom. The van der Waals surface area contributed by atoms with Crippen LogP contribution in [0.2, 0.25) is 5.28 Å². The van der Waals surface area contributed by atoms with E-state index < -0.39 is 0 Å². The highest BCUT2D eigenvalue weighted by Gasteiger charge is 2.06. The van der Waals surface area contributed by atoms with E-state index in [1.54, 1.807) is 17.5 Å². The summed E-state index contributed by atoms with van der Waals surface area (Å²) in [6.07, 6.45) is 3.58. The molecule has 0 bridgehead atoms. The number of thiazole rings is 1. The molecule has 0 aliphatic carbocycles. The van der Waals surface area contributed by atoms with Crippen molar-refractivity contribution in [3.05, 3.63) is 52.4 Å². The van der Waals surface area contributed by atoms with Crippen LogP contribution in [0.25, 0.3) is 10.3 Å². The summed E-state index contributed by atoms with van der Waals surface area (Å²) in [5.41, 5.74) is 2.15. The molecular weight excluding hydrogens is 266 g/mol. The molecule has 3 aromatic rings. The predicted molar refractivity (Wildman–Crippen MR) is 74.1 cm³/mol. The van der Waals surface area contributed by atoms with Crippen molar-refractivity contribution < 1.29 is 0 Å². The fraction of sp³-hybridized carbons (Fsp3) is 0.154. The average molecular weight is 276 g/mol. The number of benzene rings is 1. The third-order valence-electron chi connectivity index (χ3n) is 2.64. The second kappa shape index (κ2) is 5.00. The Balaban J connectivity index is 1.79. The molecule has 0 amide bonds. The standard InChI is InChI=1S/C13H10ClN3S/c14-13-15-8-10-12(17-13)18-11(16-10)7-6-9-4-2-1-3-5-9/h1-5,8H,6-7H2. The summed E-state index contributed by atoms with van der Waals surface area (Å²) >= 11 is 7.34. The van der Waals surface area contributed by atoms with Crippen LogP contribution < -0.4 is 0 Å². The maximum absolute atomic E-state index is 5.76. The Labute approximate surface area is 114 Å². The molecule has 3 rings (SSSR count). The van der Waals surface area contributed by atoms with Gasteiger partial charge in [-0.25, -0.2) is 15.0 Å². The minimum absolute atomic E-state index is 0.278. The highest BCUT2D eigenvalue weighted by atomic mass is 35.5. The van der Waals surface area contributed by atoms with Gasteiger partial charge in [0.2, 0.25) is 5.28 Å². The fourth-order valence-corrected chi connectivity index (χ4v) is 2.85. The molecule has 2 heterocycles. The number of rotatable bonds is 3. The van der Waals surface area contributed by atoms with Gasteiger partial charge in [-0.3, -0.25) is 0 Å². The van der Waals surface area contributed by atoms with Crippen LogP contribution in [0.1, 0.15) is 10.6 Å². The maximum atomic E-state index is 5.76. The van der Waals surface area contributed by atoms with Crippen molar-refractivity contribution in [3.63, 3.8) is 0 Å². The predicted octanol–water partition coefficient (Wildman–Crippen LogP) is 3.52. The highest BCUT2D eigenvalue weighted by Crippen LogP contribution is 2.21. The second-order valence-electron chi connectivity index (χ2n) is 3.92. The van der Waals surface area contributed by atoms with Crippen molar-refractivity contribution in [3.8, 4) is 0 Å². The Bertz CT molecular complexity index is 666.